The number of aromatic nitrogens is 6. The third-order valence-corrected chi connectivity index (χ3v) is 9.07. The van der Waals surface area contributed by atoms with E-state index in [1.165, 1.54) is 37.4 Å². The van der Waals surface area contributed by atoms with Crippen molar-refractivity contribution in [3.8, 4) is 0 Å². The Kier molecular flexibility index (Phi) is 10.1. The third kappa shape index (κ3) is 7.22. The molecule has 2 fully saturated rings. The van der Waals surface area contributed by atoms with E-state index < -0.39 is 88.1 Å². The summed E-state index contributed by atoms with van der Waals surface area (Å²) >= 11 is 5.11. The minimum Gasteiger partial charge on any atom is -0.780 e. The molecular formula is C21H29N8O14P2S-. The number of imidazole rings is 1. The zero-order chi connectivity index (χ0) is 33.6. The van der Waals surface area contributed by atoms with Crippen LogP contribution in [0.1, 0.15) is 12.5 Å². The van der Waals surface area contributed by atoms with Crippen LogP contribution in [-0.2, 0) is 48.9 Å². The minimum atomic E-state index is -5.02. The summed E-state index contributed by atoms with van der Waals surface area (Å²) in [5.41, 5.74) is 9.60. The topological polar surface area (TPSA) is 316 Å². The van der Waals surface area contributed by atoms with E-state index in [0.29, 0.717) is 0 Å². The van der Waals surface area contributed by atoms with Crippen LogP contribution >= 0.6 is 14.5 Å². The van der Waals surface area contributed by atoms with E-state index in [1.807, 2.05) is 0 Å². The van der Waals surface area contributed by atoms with Gasteiger partial charge in [0.05, 0.1) is 19.5 Å². The van der Waals surface area contributed by atoms with Gasteiger partial charge in [-0.2, -0.15) is 9.97 Å². The Balaban J connectivity index is 1.36. The van der Waals surface area contributed by atoms with E-state index in [9.17, 15) is 33.9 Å². The number of phosphoric acid groups is 1. The van der Waals surface area contributed by atoms with Crippen molar-refractivity contribution in [2.24, 2.45) is 0 Å². The number of nitrogens with zero attached hydrogens (tertiary/aromatic N) is 5. The standard InChI is InChI=1S/C21H30N8O14P2S/c1-37-13-8(41-18(12(13)30)28-4-3-10(22)25-21(28)32)6-40-45(36,46)43-14-9(5-39-44(33,34)35)42-19(15(14)38-2)29-7-24-11-16(29)26-20(23)27-17(11)31/h3-4,7-9,12-15,18-19,30H,5-6H2,1-2H3,(H,36,46)(H2,22,25,32)(H2,33,34,35)(H3,23,26,27,31)/p-1/t8-,9-,12+,13?,14?,15+,18-,19-,45?/m1/s1. The number of hydrogen-bond acceptors (Lipinski definition) is 18. The molecule has 46 heavy (non-hydrogen) atoms. The van der Waals surface area contributed by atoms with Crippen LogP contribution < -0.4 is 27.6 Å². The van der Waals surface area contributed by atoms with E-state index in [0.717, 1.165) is 4.57 Å². The van der Waals surface area contributed by atoms with Crippen LogP contribution in [0.5, 0.6) is 0 Å². The van der Waals surface area contributed by atoms with Gasteiger partial charge in [0.15, 0.2) is 23.6 Å². The fourth-order valence-corrected chi connectivity index (χ4v) is 6.85. The Morgan fingerprint density at radius 3 is 2.35 bits per heavy atom. The molecule has 3 unspecified atom stereocenters. The van der Waals surface area contributed by atoms with Gasteiger partial charge in [0.25, 0.3) is 5.56 Å². The van der Waals surface area contributed by atoms with Crippen LogP contribution in [-0.4, -0.2) is 108 Å². The first kappa shape index (κ1) is 34.6. The van der Waals surface area contributed by atoms with Crippen LogP contribution in [0.2, 0.25) is 0 Å². The maximum atomic E-state index is 13.5. The molecule has 3 aromatic rings. The lowest BCUT2D eigenvalue weighted by molar-refractivity contribution is -0.218. The van der Waals surface area contributed by atoms with E-state index in [2.05, 4.69) is 24.5 Å². The molecule has 0 spiro atoms. The molecular weight excluding hydrogens is 682 g/mol. The molecule has 25 heteroatoms. The molecule has 5 rings (SSSR count). The largest absolute Gasteiger partial charge is 0.780 e. The smallest absolute Gasteiger partial charge is 0.469 e. The van der Waals surface area contributed by atoms with Gasteiger partial charge >= 0.3 is 13.5 Å². The van der Waals surface area contributed by atoms with Gasteiger partial charge in [-0.15, -0.1) is 0 Å². The van der Waals surface area contributed by atoms with Crippen molar-refractivity contribution in [3.05, 3.63) is 39.4 Å². The predicted octanol–water partition coefficient (Wildman–Crippen LogP) is -3.18. The summed E-state index contributed by atoms with van der Waals surface area (Å²) in [5, 5.41) is 10.8. The highest BCUT2D eigenvalue weighted by atomic mass is 32.5. The molecule has 3 aromatic heterocycles. The summed E-state index contributed by atoms with van der Waals surface area (Å²) in [5.74, 6) is -0.286. The van der Waals surface area contributed by atoms with Crippen molar-refractivity contribution in [2.45, 2.75) is 49.1 Å². The normalized spacial score (nSPS) is 29.8. The van der Waals surface area contributed by atoms with Gasteiger partial charge in [-0.25, -0.2) is 14.3 Å². The van der Waals surface area contributed by atoms with Crippen LogP contribution in [0.4, 0.5) is 11.8 Å². The third-order valence-electron chi connectivity index (χ3n) is 7.04. The predicted molar refractivity (Wildman–Crippen MR) is 154 cm³/mol. The quantitative estimate of drug-likeness (QED) is 0.101. The number of nitrogens with one attached hydrogen (secondary N) is 1. The molecule has 5 heterocycles. The first-order valence-electron chi connectivity index (χ1n) is 13.1. The highest BCUT2D eigenvalue weighted by Crippen LogP contribution is 2.48. The van der Waals surface area contributed by atoms with E-state index in [-0.39, 0.29) is 22.9 Å². The van der Waals surface area contributed by atoms with Crippen molar-refractivity contribution < 1.29 is 56.9 Å². The molecule has 254 valence electrons. The molecule has 0 radical (unpaired) electrons. The van der Waals surface area contributed by atoms with Crippen molar-refractivity contribution in [2.75, 3.05) is 38.9 Å². The van der Waals surface area contributed by atoms with Gasteiger partial charge in [0.2, 0.25) is 5.95 Å². The zero-order valence-electron chi connectivity index (χ0n) is 23.8. The number of aliphatic hydroxyl groups is 1. The highest BCUT2D eigenvalue weighted by Gasteiger charge is 2.50. The molecule has 2 aliphatic heterocycles. The molecule has 2 aliphatic rings. The number of aliphatic hydroxyl groups excluding tert-OH is 1. The van der Waals surface area contributed by atoms with Crippen molar-refractivity contribution >= 4 is 49.3 Å². The molecule has 22 nitrogen and oxygen atoms in total. The Morgan fingerprint density at radius 1 is 1.04 bits per heavy atom. The summed E-state index contributed by atoms with van der Waals surface area (Å²) in [4.78, 5) is 70.6. The maximum Gasteiger partial charge on any atom is 0.469 e. The Morgan fingerprint density at radius 2 is 1.70 bits per heavy atom. The molecule has 2 saturated heterocycles. The number of hydrogen-bond donors (Lipinski definition) is 6. The van der Waals surface area contributed by atoms with Crippen molar-refractivity contribution in [1.29, 1.82) is 0 Å². The Labute approximate surface area is 262 Å². The SMILES string of the molecule is COC1[C@@H](COP([O-])(=S)OC2[C@@H](COP(=O)(O)O)O[C@@H](n3cnc4c(=O)[nH]c(N)nc43)[C@H]2OC)O[C@@H](n2ccc(N)nc2=O)[C@H]1O. The molecule has 0 amide bonds. The molecule has 0 bridgehead atoms. The second-order valence-electron chi connectivity index (χ2n) is 9.94. The number of anilines is 2. The maximum absolute atomic E-state index is 13.5. The lowest BCUT2D eigenvalue weighted by Crippen LogP contribution is -2.39. The van der Waals surface area contributed by atoms with E-state index >= 15 is 0 Å². The van der Waals surface area contributed by atoms with Crippen LogP contribution in [0.15, 0.2) is 28.2 Å². The van der Waals surface area contributed by atoms with Gasteiger partial charge in [-0.05, 0) is 6.07 Å². The van der Waals surface area contributed by atoms with Gasteiger partial charge in [-0.1, -0.05) is 11.8 Å². The Bertz CT molecular complexity index is 1780. The zero-order valence-corrected chi connectivity index (χ0v) is 26.4. The lowest BCUT2D eigenvalue weighted by Gasteiger charge is -2.34. The summed E-state index contributed by atoms with van der Waals surface area (Å²) in [6.07, 6.45) is -7.75. The average Bonchev–Trinajstić information content (AvgIpc) is 3.63. The average molecular weight is 712 g/mol. The fourth-order valence-electron chi connectivity index (χ4n) is 5.08. The lowest BCUT2D eigenvalue weighted by atomic mass is 10.1. The van der Waals surface area contributed by atoms with Crippen LogP contribution in [0.3, 0.4) is 0 Å². The number of phosphoric ester groups is 1. The number of ether oxygens (including phenoxy) is 4. The second-order valence-corrected chi connectivity index (χ2v) is 13.9. The number of aromatic amines is 1. The summed E-state index contributed by atoms with van der Waals surface area (Å²) in [6, 6.07) is 1.32. The highest BCUT2D eigenvalue weighted by molar-refractivity contribution is 8.06. The molecule has 0 aliphatic carbocycles. The monoisotopic (exact) mass is 711 g/mol. The first-order valence-corrected chi connectivity index (χ1v) is 17.2. The van der Waals surface area contributed by atoms with Crippen LogP contribution in [0, 0.1) is 0 Å². The van der Waals surface area contributed by atoms with Gasteiger partial charge in [0.1, 0.15) is 49.2 Å². The van der Waals surface area contributed by atoms with Gasteiger partial charge in [0, 0.05) is 20.4 Å². The summed E-state index contributed by atoms with van der Waals surface area (Å²) in [6.45, 7) is -5.90. The minimum absolute atomic E-state index is 0.0334. The van der Waals surface area contributed by atoms with Crippen molar-refractivity contribution in [3.63, 3.8) is 0 Å². The number of H-pyrrole nitrogens is 1. The fraction of sp³-hybridized carbons (Fsp3) is 0.571. The Hall–Kier alpha value is -2.73. The number of rotatable bonds is 12. The number of nitrogen functional groups attached to an aromatic ring is 2. The number of nitrogens with two attached hydrogens (primary N) is 2. The summed E-state index contributed by atoms with van der Waals surface area (Å²) in [7, 11) is -2.52. The number of methoxy groups -OCH3 is 2. The molecule has 8 N–H and O–H groups in total. The van der Waals surface area contributed by atoms with Gasteiger partial charge in [-0.3, -0.25) is 23.4 Å². The van der Waals surface area contributed by atoms with Crippen molar-refractivity contribution in [1.82, 2.24) is 29.1 Å². The van der Waals surface area contributed by atoms with E-state index in [1.54, 1.807) is 0 Å². The summed E-state index contributed by atoms with van der Waals surface area (Å²) < 4.78 is 51.9. The van der Waals surface area contributed by atoms with E-state index in [4.69, 9.17) is 51.3 Å². The first-order chi connectivity index (χ1) is 21.6. The van der Waals surface area contributed by atoms with Crippen LogP contribution in [0.25, 0.3) is 11.2 Å². The molecule has 9 atom stereocenters. The molecule has 0 saturated carbocycles. The molecule has 0 aromatic carbocycles. The second kappa shape index (κ2) is 13.4. The number of fused-ring (bicyclic) bond motifs is 1. The van der Waals surface area contributed by atoms with Gasteiger partial charge < -0.3 is 59.2 Å².